The summed E-state index contributed by atoms with van der Waals surface area (Å²) >= 11 is 6.04. The highest BCUT2D eigenvalue weighted by atomic mass is 35.5. The predicted octanol–water partition coefficient (Wildman–Crippen LogP) is 4.85. The molecule has 0 bridgehead atoms. The molecule has 5 nitrogen and oxygen atoms in total. The molecule has 0 aromatic heterocycles. The van der Waals surface area contributed by atoms with E-state index in [0.717, 1.165) is 5.75 Å². The molecule has 0 aliphatic heterocycles. The first kappa shape index (κ1) is 19.9. The average Bonchev–Trinajstić information content (AvgIpc) is 2.58. The molecule has 26 heavy (non-hydrogen) atoms. The Balaban J connectivity index is 1.78. The average molecular weight is 377 g/mol. The molecule has 0 atom stereocenters. The first-order valence-electron chi connectivity index (χ1n) is 8.41. The first-order chi connectivity index (χ1) is 12.3. The Morgan fingerprint density at radius 1 is 1.15 bits per heavy atom. The largest absolute Gasteiger partial charge is 0.495 e. The van der Waals surface area contributed by atoms with Crippen LogP contribution in [0.5, 0.6) is 11.5 Å². The third-order valence-electron chi connectivity index (χ3n) is 3.77. The van der Waals surface area contributed by atoms with Gasteiger partial charge in [0.05, 0.1) is 18.7 Å². The van der Waals surface area contributed by atoms with Crippen molar-refractivity contribution < 1.29 is 14.3 Å². The van der Waals surface area contributed by atoms with E-state index in [1.54, 1.807) is 18.2 Å². The number of carbonyl (C=O) groups excluding carboxylic acids is 1. The van der Waals surface area contributed by atoms with Crippen LogP contribution < -0.4 is 20.1 Å². The molecule has 0 unspecified atom stereocenters. The minimum Gasteiger partial charge on any atom is -0.495 e. The van der Waals surface area contributed by atoms with Gasteiger partial charge < -0.3 is 20.1 Å². The van der Waals surface area contributed by atoms with Gasteiger partial charge in [-0.1, -0.05) is 44.5 Å². The Morgan fingerprint density at radius 3 is 2.58 bits per heavy atom. The van der Waals surface area contributed by atoms with E-state index in [-0.39, 0.29) is 11.4 Å². The molecule has 2 amide bonds. The smallest absolute Gasteiger partial charge is 0.319 e. The molecule has 140 valence electrons. The topological polar surface area (TPSA) is 59.6 Å². The molecule has 6 heteroatoms. The van der Waals surface area contributed by atoms with E-state index in [1.807, 2.05) is 18.2 Å². The maximum atomic E-state index is 11.9. The number of benzene rings is 2. The van der Waals surface area contributed by atoms with E-state index in [2.05, 4.69) is 37.5 Å². The highest BCUT2D eigenvalue weighted by Crippen LogP contribution is 2.27. The molecular weight excluding hydrogens is 352 g/mol. The number of amides is 2. The first-order valence-corrected chi connectivity index (χ1v) is 8.79. The standard InChI is InChI=1S/C20H25ClN2O3/c1-20(2,3)14-6-5-7-16(12-14)26-11-10-22-19(24)23-15-8-9-18(25-4)17(21)13-15/h5-9,12-13H,10-11H2,1-4H3,(H2,22,23,24). The maximum absolute atomic E-state index is 11.9. The predicted molar refractivity (Wildman–Crippen MR) is 106 cm³/mol. The summed E-state index contributed by atoms with van der Waals surface area (Å²) in [4.78, 5) is 11.9. The Kier molecular flexibility index (Phi) is 6.75. The van der Waals surface area contributed by atoms with Crippen LogP contribution >= 0.6 is 11.6 Å². The summed E-state index contributed by atoms with van der Waals surface area (Å²) in [5.41, 5.74) is 1.86. The van der Waals surface area contributed by atoms with Gasteiger partial charge in [0, 0.05) is 5.69 Å². The van der Waals surface area contributed by atoms with E-state index in [0.29, 0.717) is 29.6 Å². The lowest BCUT2D eigenvalue weighted by atomic mass is 9.87. The van der Waals surface area contributed by atoms with Gasteiger partial charge in [0.2, 0.25) is 0 Å². The second-order valence-corrected chi connectivity index (χ2v) is 7.26. The lowest BCUT2D eigenvalue weighted by Gasteiger charge is -2.19. The molecule has 0 aliphatic carbocycles. The zero-order valence-electron chi connectivity index (χ0n) is 15.6. The van der Waals surface area contributed by atoms with Crippen LogP contribution in [0.1, 0.15) is 26.3 Å². The van der Waals surface area contributed by atoms with E-state index >= 15 is 0 Å². The third kappa shape index (κ3) is 5.85. The van der Waals surface area contributed by atoms with E-state index in [1.165, 1.54) is 12.7 Å². The van der Waals surface area contributed by atoms with Gasteiger partial charge in [-0.3, -0.25) is 0 Å². The van der Waals surface area contributed by atoms with Crippen molar-refractivity contribution in [2.24, 2.45) is 0 Å². The number of nitrogens with one attached hydrogen (secondary N) is 2. The van der Waals surface area contributed by atoms with Crippen molar-refractivity contribution in [3.8, 4) is 11.5 Å². The molecule has 0 radical (unpaired) electrons. The van der Waals surface area contributed by atoms with Gasteiger partial charge in [-0.2, -0.15) is 0 Å². The van der Waals surface area contributed by atoms with Crippen LogP contribution in [0.2, 0.25) is 5.02 Å². The van der Waals surface area contributed by atoms with Crippen LogP contribution in [0.15, 0.2) is 42.5 Å². The Morgan fingerprint density at radius 2 is 1.92 bits per heavy atom. The third-order valence-corrected chi connectivity index (χ3v) is 4.06. The lowest BCUT2D eigenvalue weighted by molar-refractivity contribution is 0.247. The Bertz CT molecular complexity index is 757. The zero-order valence-corrected chi connectivity index (χ0v) is 16.3. The summed E-state index contributed by atoms with van der Waals surface area (Å²) in [6.07, 6.45) is 0. The van der Waals surface area contributed by atoms with Crippen molar-refractivity contribution >= 4 is 23.3 Å². The summed E-state index contributed by atoms with van der Waals surface area (Å²) in [5.74, 6) is 1.35. The summed E-state index contributed by atoms with van der Waals surface area (Å²) in [7, 11) is 1.54. The van der Waals surface area contributed by atoms with Crippen molar-refractivity contribution in [1.29, 1.82) is 0 Å². The van der Waals surface area contributed by atoms with Gasteiger partial charge in [-0.25, -0.2) is 4.79 Å². The lowest BCUT2D eigenvalue weighted by Crippen LogP contribution is -2.32. The van der Waals surface area contributed by atoms with Crippen molar-refractivity contribution in [2.45, 2.75) is 26.2 Å². The number of rotatable bonds is 6. The van der Waals surface area contributed by atoms with E-state index in [4.69, 9.17) is 21.1 Å². The summed E-state index contributed by atoms with van der Waals surface area (Å²) < 4.78 is 10.8. The number of hydrogen-bond acceptors (Lipinski definition) is 3. The summed E-state index contributed by atoms with van der Waals surface area (Å²) in [6.45, 7) is 7.23. The van der Waals surface area contributed by atoms with Crippen LogP contribution in [0.4, 0.5) is 10.5 Å². The van der Waals surface area contributed by atoms with Crippen molar-refractivity contribution in [3.63, 3.8) is 0 Å². The molecule has 2 rings (SSSR count). The molecular formula is C20H25ClN2O3. The van der Waals surface area contributed by atoms with Crippen LogP contribution in [0, 0.1) is 0 Å². The molecule has 0 saturated carbocycles. The number of ether oxygens (including phenoxy) is 2. The van der Waals surface area contributed by atoms with Crippen molar-refractivity contribution in [3.05, 3.63) is 53.1 Å². The summed E-state index contributed by atoms with van der Waals surface area (Å²) in [5, 5.41) is 5.90. The second kappa shape index (κ2) is 8.81. The van der Waals surface area contributed by atoms with Crippen LogP contribution in [0.3, 0.4) is 0 Å². The number of carbonyl (C=O) groups is 1. The molecule has 0 heterocycles. The van der Waals surface area contributed by atoms with Gasteiger partial charge >= 0.3 is 6.03 Å². The van der Waals surface area contributed by atoms with E-state index in [9.17, 15) is 4.79 Å². The highest BCUT2D eigenvalue weighted by molar-refractivity contribution is 6.32. The Hall–Kier alpha value is -2.40. The number of anilines is 1. The normalized spacial score (nSPS) is 11.0. The van der Waals surface area contributed by atoms with Crippen LogP contribution in [-0.4, -0.2) is 26.3 Å². The monoisotopic (exact) mass is 376 g/mol. The molecule has 0 aliphatic rings. The number of methoxy groups -OCH3 is 1. The molecule has 0 spiro atoms. The van der Waals surface area contributed by atoms with Crippen LogP contribution in [0.25, 0.3) is 0 Å². The second-order valence-electron chi connectivity index (χ2n) is 6.86. The van der Waals surface area contributed by atoms with Gasteiger partial charge in [0.25, 0.3) is 0 Å². The highest BCUT2D eigenvalue weighted by Gasteiger charge is 2.13. The van der Waals surface area contributed by atoms with Gasteiger partial charge in [-0.05, 0) is 41.3 Å². The molecule has 2 aromatic carbocycles. The fraction of sp³-hybridized carbons (Fsp3) is 0.350. The van der Waals surface area contributed by atoms with Gasteiger partial charge in [-0.15, -0.1) is 0 Å². The van der Waals surface area contributed by atoms with Crippen molar-refractivity contribution in [1.82, 2.24) is 5.32 Å². The zero-order chi connectivity index (χ0) is 19.2. The molecule has 0 fully saturated rings. The number of halogens is 1. The van der Waals surface area contributed by atoms with Crippen LogP contribution in [-0.2, 0) is 5.41 Å². The quantitative estimate of drug-likeness (QED) is 0.708. The van der Waals surface area contributed by atoms with Crippen molar-refractivity contribution in [2.75, 3.05) is 25.6 Å². The molecule has 0 saturated heterocycles. The fourth-order valence-electron chi connectivity index (χ4n) is 2.31. The maximum Gasteiger partial charge on any atom is 0.319 e. The fourth-order valence-corrected chi connectivity index (χ4v) is 2.56. The number of hydrogen-bond donors (Lipinski definition) is 2. The Labute approximate surface area is 159 Å². The summed E-state index contributed by atoms with van der Waals surface area (Å²) in [6, 6.07) is 12.7. The van der Waals surface area contributed by atoms with Gasteiger partial charge in [0.1, 0.15) is 18.1 Å². The molecule has 2 aromatic rings. The minimum absolute atomic E-state index is 0.0666. The van der Waals surface area contributed by atoms with E-state index < -0.39 is 0 Å². The number of urea groups is 1. The molecule has 2 N–H and O–H groups in total. The van der Waals surface area contributed by atoms with Gasteiger partial charge in [0.15, 0.2) is 0 Å². The SMILES string of the molecule is COc1ccc(NC(=O)NCCOc2cccc(C(C)(C)C)c2)cc1Cl. The minimum atomic E-state index is -0.321.